The predicted octanol–water partition coefficient (Wildman–Crippen LogP) is 2.89. The van der Waals surface area contributed by atoms with E-state index in [-0.39, 0.29) is 18.1 Å². The van der Waals surface area contributed by atoms with E-state index >= 15 is 0 Å². The van der Waals surface area contributed by atoms with Crippen LogP contribution in [-0.4, -0.2) is 10.8 Å². The van der Waals surface area contributed by atoms with Crippen molar-refractivity contribution in [3.8, 4) is 0 Å². The Bertz CT molecular complexity index is 713. The van der Waals surface area contributed by atoms with Gasteiger partial charge in [0.1, 0.15) is 5.82 Å². The van der Waals surface area contributed by atoms with Crippen LogP contribution in [0.25, 0.3) is 0 Å². The Morgan fingerprint density at radius 2 is 1.85 bits per heavy atom. The number of nitrogens with zero attached hydrogens (tertiary/aromatic N) is 2. The highest BCUT2D eigenvalue weighted by Gasteiger charge is 2.33. The second-order valence-electron chi connectivity index (χ2n) is 4.43. The maximum atomic E-state index is 12.9. The van der Waals surface area contributed by atoms with Crippen molar-refractivity contribution in [1.82, 2.24) is 0 Å². The van der Waals surface area contributed by atoms with Crippen LogP contribution in [-0.2, 0) is 6.54 Å². The minimum Gasteiger partial charge on any atom is -0.304 e. The lowest BCUT2D eigenvalue weighted by Gasteiger charge is -2.15. The van der Waals surface area contributed by atoms with Gasteiger partial charge in [-0.3, -0.25) is 14.9 Å². The highest BCUT2D eigenvalue weighted by molar-refractivity contribution is 6.10. The number of carbonyl (C=O) groups excluding carboxylic acids is 1. The molecule has 100 valence electrons. The molecule has 5 nitrogen and oxygen atoms in total. The summed E-state index contributed by atoms with van der Waals surface area (Å²) in [5.74, 6) is -0.709. The molecule has 0 spiro atoms. The number of benzene rings is 2. The molecule has 0 saturated carbocycles. The Balaban J connectivity index is 2.04. The van der Waals surface area contributed by atoms with Crippen molar-refractivity contribution in [2.24, 2.45) is 0 Å². The maximum Gasteiger partial charge on any atom is 0.275 e. The first-order valence-corrected chi connectivity index (χ1v) is 5.91. The van der Waals surface area contributed by atoms with E-state index in [1.165, 1.54) is 41.3 Å². The molecular weight excluding hydrogens is 263 g/mol. The number of halogens is 1. The number of carbonyl (C=O) groups is 1. The fourth-order valence-corrected chi connectivity index (χ4v) is 2.32. The molecule has 0 atom stereocenters. The highest BCUT2D eigenvalue weighted by Crippen LogP contribution is 2.33. The second-order valence-corrected chi connectivity index (χ2v) is 4.43. The molecule has 0 unspecified atom stereocenters. The van der Waals surface area contributed by atoms with E-state index in [0.717, 1.165) is 0 Å². The van der Waals surface area contributed by atoms with Gasteiger partial charge in [0.05, 0.1) is 22.6 Å². The van der Waals surface area contributed by atoms with Gasteiger partial charge in [-0.25, -0.2) is 4.39 Å². The van der Waals surface area contributed by atoms with Crippen molar-refractivity contribution in [2.45, 2.75) is 6.54 Å². The molecule has 1 aliphatic heterocycles. The molecule has 3 rings (SSSR count). The third-order valence-corrected chi connectivity index (χ3v) is 3.28. The van der Waals surface area contributed by atoms with Crippen LogP contribution >= 0.6 is 0 Å². The number of amides is 1. The molecule has 1 amide bonds. The Morgan fingerprint density at radius 3 is 2.50 bits per heavy atom. The van der Waals surface area contributed by atoms with Gasteiger partial charge in [0, 0.05) is 11.8 Å². The summed E-state index contributed by atoms with van der Waals surface area (Å²) >= 11 is 0. The van der Waals surface area contributed by atoms with E-state index in [2.05, 4.69) is 0 Å². The van der Waals surface area contributed by atoms with Crippen LogP contribution in [0.4, 0.5) is 15.8 Å². The number of anilines is 1. The summed E-state index contributed by atoms with van der Waals surface area (Å²) in [4.78, 5) is 24.1. The van der Waals surface area contributed by atoms with Gasteiger partial charge in [-0.05, 0) is 30.3 Å². The van der Waals surface area contributed by atoms with Gasteiger partial charge >= 0.3 is 0 Å². The normalized spacial score (nSPS) is 13.4. The Labute approximate surface area is 113 Å². The highest BCUT2D eigenvalue weighted by atomic mass is 19.1. The number of nitro groups is 1. The second kappa shape index (κ2) is 4.41. The van der Waals surface area contributed by atoms with Gasteiger partial charge in [-0.2, -0.15) is 0 Å². The summed E-state index contributed by atoms with van der Waals surface area (Å²) in [6, 6.07) is 9.88. The molecule has 2 aromatic rings. The summed E-state index contributed by atoms with van der Waals surface area (Å²) in [6.45, 7) is 0.122. The minimum absolute atomic E-state index is 0.0690. The van der Waals surface area contributed by atoms with E-state index in [1.807, 2.05) is 0 Å². The van der Waals surface area contributed by atoms with E-state index in [4.69, 9.17) is 0 Å². The molecular formula is C14H9FN2O3. The fraction of sp³-hybridized carbons (Fsp3) is 0.0714. The molecule has 2 aromatic carbocycles. The molecule has 0 aliphatic carbocycles. The summed E-state index contributed by atoms with van der Waals surface area (Å²) in [7, 11) is 0. The maximum absolute atomic E-state index is 12.9. The zero-order chi connectivity index (χ0) is 14.3. The van der Waals surface area contributed by atoms with Gasteiger partial charge < -0.3 is 4.90 Å². The van der Waals surface area contributed by atoms with E-state index in [9.17, 15) is 19.3 Å². The van der Waals surface area contributed by atoms with Gasteiger partial charge in [-0.15, -0.1) is 0 Å². The summed E-state index contributed by atoms with van der Waals surface area (Å²) < 4.78 is 12.9. The number of hydrogen-bond donors (Lipinski definition) is 0. The molecule has 1 aliphatic rings. The van der Waals surface area contributed by atoms with Crippen LogP contribution in [0.3, 0.4) is 0 Å². The van der Waals surface area contributed by atoms with Gasteiger partial charge in [0.2, 0.25) is 0 Å². The Morgan fingerprint density at radius 1 is 1.15 bits per heavy atom. The van der Waals surface area contributed by atoms with E-state index in [0.29, 0.717) is 16.8 Å². The topological polar surface area (TPSA) is 63.4 Å². The molecule has 0 bridgehead atoms. The average Bonchev–Trinajstić information content (AvgIpc) is 2.77. The van der Waals surface area contributed by atoms with Crippen LogP contribution < -0.4 is 4.90 Å². The zero-order valence-corrected chi connectivity index (χ0v) is 10.2. The van der Waals surface area contributed by atoms with Crippen molar-refractivity contribution in [1.29, 1.82) is 0 Å². The first kappa shape index (κ1) is 12.3. The fourth-order valence-electron chi connectivity index (χ4n) is 2.32. The predicted molar refractivity (Wildman–Crippen MR) is 70.0 cm³/mol. The molecule has 20 heavy (non-hydrogen) atoms. The molecule has 0 fully saturated rings. The monoisotopic (exact) mass is 272 g/mol. The van der Waals surface area contributed by atoms with Crippen molar-refractivity contribution < 1.29 is 14.1 Å². The zero-order valence-electron chi connectivity index (χ0n) is 10.2. The first-order valence-electron chi connectivity index (χ1n) is 5.91. The largest absolute Gasteiger partial charge is 0.304 e. The number of rotatable bonds is 2. The van der Waals surface area contributed by atoms with E-state index < -0.39 is 10.7 Å². The SMILES string of the molecule is O=C1c2cccc([N+](=O)[O-])c2CN1c1ccc(F)cc1. The lowest BCUT2D eigenvalue weighted by molar-refractivity contribution is -0.385. The number of nitro benzene ring substituents is 1. The third-order valence-electron chi connectivity index (χ3n) is 3.28. The standard InChI is InChI=1S/C14H9FN2O3/c15-9-4-6-10(7-5-9)16-8-12-11(14(16)18)2-1-3-13(12)17(19)20/h1-7H,8H2. The first-order chi connectivity index (χ1) is 9.58. The van der Waals surface area contributed by atoms with Gasteiger partial charge in [0.25, 0.3) is 11.6 Å². The van der Waals surface area contributed by atoms with Crippen molar-refractivity contribution >= 4 is 17.3 Å². The van der Waals surface area contributed by atoms with Crippen LogP contribution in [0.2, 0.25) is 0 Å². The van der Waals surface area contributed by atoms with Crippen LogP contribution in [0, 0.1) is 15.9 Å². The summed E-state index contributed by atoms with van der Waals surface area (Å²) in [6.07, 6.45) is 0. The minimum atomic E-state index is -0.500. The van der Waals surface area contributed by atoms with Gasteiger partial charge in [-0.1, -0.05) is 6.07 Å². The van der Waals surface area contributed by atoms with E-state index in [1.54, 1.807) is 6.07 Å². The average molecular weight is 272 g/mol. The lowest BCUT2D eigenvalue weighted by Crippen LogP contribution is -2.22. The smallest absolute Gasteiger partial charge is 0.275 e. The summed E-state index contributed by atoms with van der Waals surface area (Å²) in [5.41, 5.74) is 1.16. The van der Waals surface area contributed by atoms with Gasteiger partial charge in [0.15, 0.2) is 0 Å². The van der Waals surface area contributed by atoms with Crippen LogP contribution in [0.15, 0.2) is 42.5 Å². The Kier molecular flexibility index (Phi) is 2.71. The summed E-state index contributed by atoms with van der Waals surface area (Å²) in [5, 5.41) is 11.0. The number of fused-ring (bicyclic) bond motifs is 1. The van der Waals surface area contributed by atoms with Crippen LogP contribution in [0.5, 0.6) is 0 Å². The molecule has 0 aromatic heterocycles. The molecule has 0 radical (unpaired) electrons. The number of hydrogen-bond acceptors (Lipinski definition) is 3. The third kappa shape index (κ3) is 1.82. The van der Waals surface area contributed by atoms with Crippen LogP contribution in [0.1, 0.15) is 15.9 Å². The molecule has 0 saturated heterocycles. The van der Waals surface area contributed by atoms with Crippen molar-refractivity contribution in [2.75, 3.05) is 4.90 Å². The molecule has 6 heteroatoms. The lowest BCUT2D eigenvalue weighted by atomic mass is 10.1. The van der Waals surface area contributed by atoms with Crippen molar-refractivity contribution in [3.05, 3.63) is 69.5 Å². The quantitative estimate of drug-likeness (QED) is 0.623. The van der Waals surface area contributed by atoms with Crippen molar-refractivity contribution in [3.63, 3.8) is 0 Å². The molecule has 1 heterocycles. The molecule has 0 N–H and O–H groups in total. The Hall–Kier alpha value is -2.76.